The molecule has 0 radical (unpaired) electrons. The van der Waals surface area contributed by atoms with E-state index in [1.807, 2.05) is 4.68 Å². The van der Waals surface area contributed by atoms with Gasteiger partial charge in [-0.25, -0.2) is 9.67 Å². The van der Waals surface area contributed by atoms with Gasteiger partial charge in [0.1, 0.15) is 12.2 Å². The van der Waals surface area contributed by atoms with Gasteiger partial charge >= 0.3 is 0 Å². The Balaban J connectivity index is 2.33. The van der Waals surface area contributed by atoms with Gasteiger partial charge in [-0.1, -0.05) is 27.7 Å². The number of hydrogen-bond donors (Lipinski definition) is 1. The summed E-state index contributed by atoms with van der Waals surface area (Å²) in [6.45, 7) is 10.7. The molecule has 0 aliphatic heterocycles. The monoisotopic (exact) mass is 224 g/mol. The highest BCUT2D eigenvalue weighted by atomic mass is 15.3. The molecule has 4 nitrogen and oxygen atoms in total. The van der Waals surface area contributed by atoms with Gasteiger partial charge in [0.25, 0.3) is 0 Å². The van der Waals surface area contributed by atoms with Crippen LogP contribution in [0.5, 0.6) is 0 Å². The van der Waals surface area contributed by atoms with Crippen molar-refractivity contribution in [3.63, 3.8) is 0 Å². The fraction of sp³-hybridized carbons (Fsp3) is 0.833. The molecule has 0 bridgehead atoms. The largest absolute Gasteiger partial charge is 0.315 e. The van der Waals surface area contributed by atoms with E-state index in [4.69, 9.17) is 0 Å². The topological polar surface area (TPSA) is 42.7 Å². The summed E-state index contributed by atoms with van der Waals surface area (Å²) < 4.78 is 2.03. The third-order valence-electron chi connectivity index (χ3n) is 2.36. The molecule has 1 aromatic heterocycles. The summed E-state index contributed by atoms with van der Waals surface area (Å²) in [7, 11) is 0. The summed E-state index contributed by atoms with van der Waals surface area (Å²) in [5.41, 5.74) is 0. The lowest BCUT2D eigenvalue weighted by atomic mass is 10.2. The molecular formula is C12H24N4. The van der Waals surface area contributed by atoms with Gasteiger partial charge in [-0.3, -0.25) is 0 Å². The molecule has 0 amide bonds. The van der Waals surface area contributed by atoms with E-state index in [2.05, 4.69) is 43.1 Å². The molecule has 0 atom stereocenters. The number of hydrogen-bond acceptors (Lipinski definition) is 3. The van der Waals surface area contributed by atoms with E-state index in [9.17, 15) is 0 Å². The zero-order valence-corrected chi connectivity index (χ0v) is 10.9. The summed E-state index contributed by atoms with van der Waals surface area (Å²) in [5.74, 6) is 1.73. The minimum absolute atomic E-state index is 0.563. The average molecular weight is 224 g/mol. The predicted molar refractivity (Wildman–Crippen MR) is 66.3 cm³/mol. The maximum Gasteiger partial charge on any atom is 0.138 e. The van der Waals surface area contributed by atoms with Gasteiger partial charge in [0, 0.05) is 19.0 Å². The second-order valence-corrected chi connectivity index (χ2v) is 4.96. The highest BCUT2D eigenvalue weighted by Crippen LogP contribution is 2.03. The average Bonchev–Trinajstić information content (AvgIpc) is 2.59. The molecule has 0 saturated carbocycles. The van der Waals surface area contributed by atoms with E-state index in [-0.39, 0.29) is 0 Å². The molecule has 92 valence electrons. The molecule has 0 spiro atoms. The van der Waals surface area contributed by atoms with Crippen LogP contribution in [0.25, 0.3) is 0 Å². The van der Waals surface area contributed by atoms with Crippen LogP contribution in [0, 0.1) is 5.92 Å². The summed E-state index contributed by atoms with van der Waals surface area (Å²) in [6.07, 6.45) is 3.79. The molecule has 0 aliphatic rings. The lowest BCUT2D eigenvalue weighted by molar-refractivity contribution is 0.460. The second kappa shape index (κ2) is 6.63. The quantitative estimate of drug-likeness (QED) is 0.719. The lowest BCUT2D eigenvalue weighted by Gasteiger charge is -2.09. The van der Waals surface area contributed by atoms with Gasteiger partial charge in [0.05, 0.1) is 0 Å². The Morgan fingerprint density at radius 3 is 2.69 bits per heavy atom. The van der Waals surface area contributed by atoms with Gasteiger partial charge in [0.2, 0.25) is 0 Å². The molecule has 1 rings (SSSR count). The highest BCUT2D eigenvalue weighted by molar-refractivity contribution is 4.85. The third kappa shape index (κ3) is 4.75. The van der Waals surface area contributed by atoms with E-state index in [1.165, 1.54) is 0 Å². The highest BCUT2D eigenvalue weighted by Gasteiger charge is 2.05. The van der Waals surface area contributed by atoms with Gasteiger partial charge in [-0.05, 0) is 18.9 Å². The molecule has 1 heterocycles. The zero-order valence-electron chi connectivity index (χ0n) is 10.9. The molecule has 0 fully saturated rings. The number of rotatable bonds is 7. The predicted octanol–water partition coefficient (Wildman–Crippen LogP) is 1.86. The first-order valence-electron chi connectivity index (χ1n) is 6.19. The Labute approximate surface area is 98.5 Å². The van der Waals surface area contributed by atoms with Crippen LogP contribution in [0.1, 0.15) is 39.9 Å². The molecule has 16 heavy (non-hydrogen) atoms. The van der Waals surface area contributed by atoms with Gasteiger partial charge in [0.15, 0.2) is 0 Å². The number of aromatic nitrogens is 3. The van der Waals surface area contributed by atoms with E-state index in [0.717, 1.165) is 31.8 Å². The Morgan fingerprint density at radius 1 is 1.31 bits per heavy atom. The fourth-order valence-electron chi connectivity index (χ4n) is 1.62. The summed E-state index contributed by atoms with van der Waals surface area (Å²) in [5, 5.41) is 7.67. The first kappa shape index (κ1) is 13.2. The first-order valence-corrected chi connectivity index (χ1v) is 6.19. The molecule has 1 N–H and O–H groups in total. The number of nitrogens with one attached hydrogen (secondary N) is 1. The van der Waals surface area contributed by atoms with Crippen LogP contribution < -0.4 is 5.32 Å². The molecule has 0 unspecified atom stereocenters. The second-order valence-electron chi connectivity index (χ2n) is 4.96. The minimum atomic E-state index is 0.563. The van der Waals surface area contributed by atoms with Crippen LogP contribution in [-0.4, -0.2) is 27.4 Å². The van der Waals surface area contributed by atoms with Crippen LogP contribution in [0.15, 0.2) is 6.33 Å². The Morgan fingerprint density at radius 2 is 2.06 bits per heavy atom. The van der Waals surface area contributed by atoms with Crippen molar-refractivity contribution in [1.29, 1.82) is 0 Å². The van der Waals surface area contributed by atoms with Crippen molar-refractivity contribution < 1.29 is 0 Å². The Bertz CT molecular complexity index is 291. The number of nitrogens with zero attached hydrogens (tertiary/aromatic N) is 3. The zero-order chi connectivity index (χ0) is 12.0. The Kier molecular flexibility index (Phi) is 5.46. The first-order chi connectivity index (χ1) is 7.59. The van der Waals surface area contributed by atoms with Crippen LogP contribution in [0.3, 0.4) is 0 Å². The molecular weight excluding hydrogens is 200 g/mol. The van der Waals surface area contributed by atoms with E-state index in [0.29, 0.717) is 12.0 Å². The standard InChI is InChI=1S/C12H24N4/c1-10(2)8-16-12(14-9-15-16)6-5-7-13-11(3)4/h9-11,13H,5-8H2,1-4H3. The molecule has 0 aromatic carbocycles. The smallest absolute Gasteiger partial charge is 0.138 e. The Hall–Kier alpha value is -0.900. The summed E-state index contributed by atoms with van der Waals surface area (Å²) >= 11 is 0. The summed E-state index contributed by atoms with van der Waals surface area (Å²) in [4.78, 5) is 4.31. The molecule has 1 aromatic rings. The lowest BCUT2D eigenvalue weighted by Crippen LogP contribution is -2.24. The van der Waals surface area contributed by atoms with Crippen molar-refractivity contribution in [2.45, 2.75) is 53.1 Å². The van der Waals surface area contributed by atoms with Crippen molar-refractivity contribution >= 4 is 0 Å². The van der Waals surface area contributed by atoms with Crippen LogP contribution in [0.4, 0.5) is 0 Å². The third-order valence-corrected chi connectivity index (χ3v) is 2.36. The summed E-state index contributed by atoms with van der Waals surface area (Å²) in [6, 6.07) is 0.563. The maximum absolute atomic E-state index is 4.31. The van der Waals surface area contributed by atoms with Crippen LogP contribution in [-0.2, 0) is 13.0 Å². The normalized spacial score (nSPS) is 11.6. The van der Waals surface area contributed by atoms with Crippen molar-refractivity contribution in [1.82, 2.24) is 20.1 Å². The number of aryl methyl sites for hydroxylation is 1. The fourth-order valence-corrected chi connectivity index (χ4v) is 1.62. The minimum Gasteiger partial charge on any atom is -0.315 e. The van der Waals surface area contributed by atoms with Crippen molar-refractivity contribution in [3.8, 4) is 0 Å². The van der Waals surface area contributed by atoms with Gasteiger partial charge in [-0.2, -0.15) is 5.10 Å². The van der Waals surface area contributed by atoms with Gasteiger partial charge < -0.3 is 5.32 Å². The van der Waals surface area contributed by atoms with Crippen LogP contribution >= 0.6 is 0 Å². The van der Waals surface area contributed by atoms with E-state index >= 15 is 0 Å². The SMILES string of the molecule is CC(C)Cn1ncnc1CCCNC(C)C. The van der Waals surface area contributed by atoms with Gasteiger partial charge in [-0.15, -0.1) is 0 Å². The molecule has 0 aliphatic carbocycles. The van der Waals surface area contributed by atoms with Crippen molar-refractivity contribution in [2.24, 2.45) is 5.92 Å². The van der Waals surface area contributed by atoms with Crippen molar-refractivity contribution in [2.75, 3.05) is 6.54 Å². The maximum atomic E-state index is 4.31. The van der Waals surface area contributed by atoms with Crippen molar-refractivity contribution in [3.05, 3.63) is 12.2 Å². The molecule has 0 saturated heterocycles. The van der Waals surface area contributed by atoms with E-state index in [1.54, 1.807) is 6.33 Å². The molecule has 4 heteroatoms. The van der Waals surface area contributed by atoms with Crippen LogP contribution in [0.2, 0.25) is 0 Å². The van der Waals surface area contributed by atoms with E-state index < -0.39 is 0 Å².